The standard InChI is InChI=1S/C31H44F2O13S/c1-18(4-7-26(37)42-13-27(38)43-14-31(32,33)47(39,40)41)21-5-6-22-28-23(12-25(46-17-36)30(21,22)3)29(2)9-8-20(44-15-34)10-19(29)11-24(28)45-16-35/h15-25,28H,4-14H2,1-3H3,(H,39,40,41)/t18-,19+,20?,21-,22+,23+,24?,25?,28+,29+,30-/m1/s1. The van der Waals surface area contributed by atoms with Crippen LogP contribution in [-0.2, 0) is 57.8 Å². The van der Waals surface area contributed by atoms with E-state index >= 15 is 0 Å². The zero-order valence-corrected chi connectivity index (χ0v) is 27.5. The summed E-state index contributed by atoms with van der Waals surface area (Å²) in [5, 5.41) is -4.70. The van der Waals surface area contributed by atoms with Gasteiger partial charge in [0.15, 0.2) is 13.2 Å². The molecule has 4 aliphatic rings. The highest BCUT2D eigenvalue weighted by Gasteiger charge is 2.67. The van der Waals surface area contributed by atoms with E-state index in [-0.39, 0.29) is 59.6 Å². The summed E-state index contributed by atoms with van der Waals surface area (Å²) in [6.45, 7) is 4.84. The third kappa shape index (κ3) is 7.27. The van der Waals surface area contributed by atoms with E-state index in [0.717, 1.165) is 25.7 Å². The molecule has 4 saturated carbocycles. The molecule has 11 atom stereocenters. The summed E-state index contributed by atoms with van der Waals surface area (Å²) in [6.07, 6.45) is 4.25. The average molecular weight is 695 g/mol. The number of carbonyl (C=O) groups is 5. The van der Waals surface area contributed by atoms with Crippen molar-refractivity contribution in [2.45, 2.75) is 102 Å². The Balaban J connectivity index is 1.43. The van der Waals surface area contributed by atoms with Gasteiger partial charge in [-0.1, -0.05) is 20.8 Å². The minimum Gasteiger partial charge on any atom is -0.465 e. The predicted molar refractivity (Wildman–Crippen MR) is 156 cm³/mol. The van der Waals surface area contributed by atoms with E-state index in [4.69, 9.17) is 23.5 Å². The van der Waals surface area contributed by atoms with Crippen molar-refractivity contribution in [3.8, 4) is 0 Å². The van der Waals surface area contributed by atoms with E-state index in [1.165, 1.54) is 0 Å². The van der Waals surface area contributed by atoms with Gasteiger partial charge in [-0.3, -0.25) is 23.7 Å². The van der Waals surface area contributed by atoms with Crippen LogP contribution in [0.5, 0.6) is 0 Å². The fourth-order valence-corrected chi connectivity index (χ4v) is 10.00. The molecule has 16 heteroatoms. The predicted octanol–water partition coefficient (Wildman–Crippen LogP) is 3.47. The van der Waals surface area contributed by atoms with Crippen molar-refractivity contribution in [3.05, 3.63) is 0 Å². The molecule has 0 spiro atoms. The van der Waals surface area contributed by atoms with Crippen LogP contribution in [0, 0.1) is 46.3 Å². The molecule has 0 radical (unpaired) electrons. The molecular weight excluding hydrogens is 650 g/mol. The molecule has 0 aromatic rings. The van der Waals surface area contributed by atoms with Crippen LogP contribution < -0.4 is 0 Å². The van der Waals surface area contributed by atoms with Gasteiger partial charge in [0.1, 0.15) is 18.3 Å². The van der Waals surface area contributed by atoms with Crippen molar-refractivity contribution < 1.29 is 69.4 Å². The molecule has 13 nitrogen and oxygen atoms in total. The van der Waals surface area contributed by atoms with E-state index in [9.17, 15) is 41.2 Å². The molecule has 0 aromatic heterocycles. The number of alkyl halides is 2. The Hall–Kier alpha value is -2.88. The SMILES string of the molecule is C[C@H](CCC(=O)OCC(=O)OCC(F)(F)S(=O)(=O)O)[C@H]1CC[C@H]2[C@@H]3C(OC=O)C[C@@H]4CC(OC=O)CC[C@]4(C)[C@H]3CC(OC=O)[C@]12C. The number of halogens is 2. The molecule has 0 saturated heterocycles. The van der Waals surface area contributed by atoms with E-state index < -0.39 is 52.0 Å². The minimum atomic E-state index is -5.79. The number of ether oxygens (including phenoxy) is 5. The quantitative estimate of drug-likeness (QED) is 0.114. The third-order valence-corrected chi connectivity index (χ3v) is 12.9. The second-order valence-corrected chi connectivity index (χ2v) is 15.6. The first-order chi connectivity index (χ1) is 22.0. The number of esters is 2. The van der Waals surface area contributed by atoms with Crippen molar-refractivity contribution in [1.29, 1.82) is 0 Å². The fourth-order valence-electron chi connectivity index (χ4n) is 9.79. The van der Waals surface area contributed by atoms with Crippen LogP contribution in [0.2, 0.25) is 0 Å². The topological polar surface area (TPSA) is 186 Å². The molecule has 1 N–H and O–H groups in total. The lowest BCUT2D eigenvalue weighted by atomic mass is 9.43. The van der Waals surface area contributed by atoms with Gasteiger partial charge in [-0.25, -0.2) is 4.79 Å². The minimum absolute atomic E-state index is 0.0120. The molecule has 0 bridgehead atoms. The van der Waals surface area contributed by atoms with Crippen molar-refractivity contribution in [1.82, 2.24) is 0 Å². The summed E-state index contributed by atoms with van der Waals surface area (Å²) in [5.74, 6) is -1.96. The van der Waals surface area contributed by atoms with Crippen molar-refractivity contribution in [2.75, 3.05) is 13.2 Å². The zero-order valence-electron chi connectivity index (χ0n) is 26.7. The van der Waals surface area contributed by atoms with Crippen LogP contribution >= 0.6 is 0 Å². The normalized spacial score (nSPS) is 37.1. The summed E-state index contributed by atoms with van der Waals surface area (Å²) in [7, 11) is -5.79. The monoisotopic (exact) mass is 694 g/mol. The average Bonchev–Trinajstić information content (AvgIpc) is 3.36. The second-order valence-electron chi connectivity index (χ2n) is 14.1. The van der Waals surface area contributed by atoms with E-state index in [1.807, 2.05) is 6.92 Å². The summed E-state index contributed by atoms with van der Waals surface area (Å²) in [6, 6.07) is 0. The maximum atomic E-state index is 13.3. The lowest BCUT2D eigenvalue weighted by molar-refractivity contribution is -0.218. The van der Waals surface area contributed by atoms with Gasteiger partial charge in [0, 0.05) is 17.8 Å². The van der Waals surface area contributed by atoms with Gasteiger partial charge in [0.05, 0.1) is 0 Å². The highest BCUT2D eigenvalue weighted by molar-refractivity contribution is 7.86. The number of fused-ring (bicyclic) bond motifs is 5. The Kier molecular flexibility index (Phi) is 11.2. The molecule has 4 aliphatic carbocycles. The Morgan fingerprint density at radius 1 is 0.936 bits per heavy atom. The van der Waals surface area contributed by atoms with Crippen LogP contribution in [0.4, 0.5) is 8.78 Å². The van der Waals surface area contributed by atoms with Crippen molar-refractivity contribution in [2.24, 2.45) is 46.3 Å². The lowest BCUT2D eigenvalue weighted by Gasteiger charge is -2.64. The maximum absolute atomic E-state index is 13.3. The lowest BCUT2D eigenvalue weighted by Crippen LogP contribution is -2.63. The van der Waals surface area contributed by atoms with Crippen molar-refractivity contribution >= 4 is 41.5 Å². The first-order valence-corrected chi connectivity index (χ1v) is 17.4. The summed E-state index contributed by atoms with van der Waals surface area (Å²) in [4.78, 5) is 58.8. The maximum Gasteiger partial charge on any atom is 0.402 e. The Morgan fingerprint density at radius 3 is 2.26 bits per heavy atom. The van der Waals surface area contributed by atoms with Gasteiger partial charge >= 0.3 is 27.3 Å². The van der Waals surface area contributed by atoms with Gasteiger partial charge in [0.25, 0.3) is 19.4 Å². The summed E-state index contributed by atoms with van der Waals surface area (Å²) >= 11 is 0. The Bertz CT molecular complexity index is 1290. The van der Waals surface area contributed by atoms with Gasteiger partial charge in [0.2, 0.25) is 0 Å². The summed E-state index contributed by atoms with van der Waals surface area (Å²) in [5.41, 5.74) is -0.641. The molecule has 0 aliphatic heterocycles. The zero-order chi connectivity index (χ0) is 34.8. The number of hydrogen-bond donors (Lipinski definition) is 1. The van der Waals surface area contributed by atoms with Gasteiger partial charge in [-0.15, -0.1) is 0 Å². The second kappa shape index (κ2) is 14.3. The van der Waals surface area contributed by atoms with Crippen LogP contribution in [0.15, 0.2) is 0 Å². The number of hydrogen-bond acceptors (Lipinski definition) is 12. The molecular formula is C31H44F2O13S. The van der Waals surface area contributed by atoms with Crippen LogP contribution in [0.25, 0.3) is 0 Å². The molecule has 266 valence electrons. The van der Waals surface area contributed by atoms with Gasteiger partial charge in [-0.05, 0) is 86.4 Å². The Morgan fingerprint density at radius 2 is 1.62 bits per heavy atom. The molecule has 0 amide bonds. The molecule has 47 heavy (non-hydrogen) atoms. The highest BCUT2D eigenvalue weighted by Crippen LogP contribution is 2.69. The van der Waals surface area contributed by atoms with Crippen LogP contribution in [0.1, 0.15) is 78.6 Å². The third-order valence-electron chi connectivity index (χ3n) is 12.1. The Labute approximate surface area is 272 Å². The fraction of sp³-hybridized carbons (Fsp3) is 0.839. The van der Waals surface area contributed by atoms with Crippen molar-refractivity contribution in [3.63, 3.8) is 0 Å². The van der Waals surface area contributed by atoms with Crippen LogP contribution in [-0.4, -0.2) is 81.1 Å². The van der Waals surface area contributed by atoms with Crippen LogP contribution in [0.3, 0.4) is 0 Å². The van der Waals surface area contributed by atoms with Gasteiger partial charge in [-0.2, -0.15) is 17.2 Å². The molecule has 3 unspecified atom stereocenters. The van der Waals surface area contributed by atoms with E-state index in [2.05, 4.69) is 18.6 Å². The molecule has 0 aromatic carbocycles. The van der Waals surface area contributed by atoms with E-state index in [1.54, 1.807) is 0 Å². The molecule has 4 fully saturated rings. The van der Waals surface area contributed by atoms with E-state index in [0.29, 0.717) is 45.1 Å². The molecule has 0 heterocycles. The first kappa shape index (κ1) is 36.9. The molecule has 4 rings (SSSR count). The van der Waals surface area contributed by atoms with Gasteiger partial charge < -0.3 is 23.7 Å². The number of rotatable bonds is 15. The smallest absolute Gasteiger partial charge is 0.402 e. The first-order valence-electron chi connectivity index (χ1n) is 16.0. The summed E-state index contributed by atoms with van der Waals surface area (Å²) < 4.78 is 82.2. The highest BCUT2D eigenvalue weighted by atomic mass is 32.2. The largest absolute Gasteiger partial charge is 0.465 e. The number of carbonyl (C=O) groups excluding carboxylic acids is 5.